The highest BCUT2D eigenvalue weighted by Crippen LogP contribution is 2.21. The van der Waals surface area contributed by atoms with Gasteiger partial charge in [0.15, 0.2) is 0 Å². The molecule has 0 saturated carbocycles. The van der Waals surface area contributed by atoms with Crippen molar-refractivity contribution in [2.45, 2.75) is 40.2 Å². The number of hydrogen-bond donors (Lipinski definition) is 2. The molecule has 2 aromatic carbocycles. The third-order valence-corrected chi connectivity index (χ3v) is 4.64. The summed E-state index contributed by atoms with van der Waals surface area (Å²) >= 11 is 0. The molecule has 3 amide bonds. The van der Waals surface area contributed by atoms with Gasteiger partial charge in [-0.15, -0.1) is 0 Å². The van der Waals surface area contributed by atoms with Crippen molar-refractivity contribution in [3.63, 3.8) is 0 Å². The molecule has 29 heavy (non-hydrogen) atoms. The number of hydrogen-bond acceptors (Lipinski definition) is 3. The number of nitrogens with zero attached hydrogens (tertiary/aromatic N) is 1. The van der Waals surface area contributed by atoms with Crippen LogP contribution in [0.3, 0.4) is 0 Å². The summed E-state index contributed by atoms with van der Waals surface area (Å²) in [4.78, 5) is 38.4. The van der Waals surface area contributed by atoms with Crippen LogP contribution in [0.2, 0.25) is 0 Å². The van der Waals surface area contributed by atoms with Crippen molar-refractivity contribution in [3.05, 3.63) is 64.7 Å². The highest BCUT2D eigenvalue weighted by molar-refractivity contribution is 5.96. The van der Waals surface area contributed by atoms with Gasteiger partial charge in [0.05, 0.1) is 6.54 Å². The van der Waals surface area contributed by atoms with Crippen molar-refractivity contribution in [2.24, 2.45) is 0 Å². The zero-order valence-electron chi connectivity index (χ0n) is 17.7. The Balaban J connectivity index is 1.86. The van der Waals surface area contributed by atoms with E-state index in [2.05, 4.69) is 10.6 Å². The molecule has 0 fully saturated rings. The summed E-state index contributed by atoms with van der Waals surface area (Å²) in [5.41, 5.74) is 4.44. The van der Waals surface area contributed by atoms with Crippen LogP contribution in [0.25, 0.3) is 0 Å². The van der Waals surface area contributed by atoms with Gasteiger partial charge < -0.3 is 15.5 Å². The lowest BCUT2D eigenvalue weighted by molar-refractivity contribution is -0.133. The number of aryl methyl sites for hydroxylation is 3. The van der Waals surface area contributed by atoms with Gasteiger partial charge in [-0.1, -0.05) is 35.9 Å². The quantitative estimate of drug-likeness (QED) is 0.756. The van der Waals surface area contributed by atoms with E-state index in [1.54, 1.807) is 38.2 Å². The monoisotopic (exact) mass is 395 g/mol. The van der Waals surface area contributed by atoms with E-state index in [1.807, 2.05) is 39.0 Å². The minimum Gasteiger partial charge on any atom is -0.349 e. The maximum absolute atomic E-state index is 12.4. The van der Waals surface area contributed by atoms with Gasteiger partial charge in [0.2, 0.25) is 11.8 Å². The Morgan fingerprint density at radius 2 is 1.59 bits per heavy atom. The fourth-order valence-corrected chi connectivity index (χ4v) is 3.23. The maximum Gasteiger partial charge on any atom is 0.251 e. The van der Waals surface area contributed by atoms with Gasteiger partial charge in [0.1, 0.15) is 0 Å². The highest BCUT2D eigenvalue weighted by Gasteiger charge is 2.18. The molecule has 0 radical (unpaired) electrons. The van der Waals surface area contributed by atoms with Gasteiger partial charge >= 0.3 is 0 Å². The third-order valence-electron chi connectivity index (χ3n) is 4.64. The summed E-state index contributed by atoms with van der Waals surface area (Å²) in [6, 6.07) is 12.5. The average molecular weight is 396 g/mol. The average Bonchev–Trinajstić information content (AvgIpc) is 2.65. The smallest absolute Gasteiger partial charge is 0.251 e. The Labute approximate surface area is 172 Å². The zero-order valence-corrected chi connectivity index (χ0v) is 17.7. The van der Waals surface area contributed by atoms with Crippen LogP contribution in [0.5, 0.6) is 0 Å². The maximum atomic E-state index is 12.4. The van der Waals surface area contributed by atoms with Gasteiger partial charge in [0.25, 0.3) is 5.91 Å². The Kier molecular flexibility index (Phi) is 7.53. The van der Waals surface area contributed by atoms with E-state index >= 15 is 0 Å². The Bertz CT molecular complexity index is 870. The first-order valence-corrected chi connectivity index (χ1v) is 9.65. The van der Waals surface area contributed by atoms with E-state index in [1.165, 1.54) is 4.90 Å². The minimum atomic E-state index is -0.345. The SMILES string of the molecule is Cc1cc(C)c(NC(=O)CN(C)C(=O)C[C@H](C)NC(=O)c2ccccc2)c(C)c1. The Hall–Kier alpha value is -3.15. The summed E-state index contributed by atoms with van der Waals surface area (Å²) in [5.74, 6) is -0.688. The predicted molar refractivity (Wildman–Crippen MR) is 115 cm³/mol. The number of nitrogens with one attached hydrogen (secondary N) is 2. The zero-order chi connectivity index (χ0) is 21.6. The van der Waals surface area contributed by atoms with Crippen molar-refractivity contribution >= 4 is 23.4 Å². The van der Waals surface area contributed by atoms with Gasteiger partial charge in [-0.3, -0.25) is 14.4 Å². The van der Waals surface area contributed by atoms with Crippen LogP contribution in [0.4, 0.5) is 5.69 Å². The van der Waals surface area contributed by atoms with Crippen molar-refractivity contribution in [2.75, 3.05) is 18.9 Å². The van der Waals surface area contributed by atoms with E-state index in [0.29, 0.717) is 5.56 Å². The summed E-state index contributed by atoms with van der Waals surface area (Å²) < 4.78 is 0. The van der Waals surface area contributed by atoms with Gasteiger partial charge in [0, 0.05) is 30.8 Å². The Morgan fingerprint density at radius 3 is 2.17 bits per heavy atom. The van der Waals surface area contributed by atoms with Crippen LogP contribution in [-0.2, 0) is 9.59 Å². The highest BCUT2D eigenvalue weighted by atomic mass is 16.2. The molecule has 1 atom stereocenters. The first-order valence-electron chi connectivity index (χ1n) is 9.65. The van der Waals surface area contributed by atoms with Gasteiger partial charge in [-0.25, -0.2) is 0 Å². The largest absolute Gasteiger partial charge is 0.349 e. The van der Waals surface area contributed by atoms with Gasteiger partial charge in [-0.05, 0) is 51.0 Å². The van der Waals surface area contributed by atoms with Crippen molar-refractivity contribution in [3.8, 4) is 0 Å². The minimum absolute atomic E-state index is 0.0507. The summed E-state index contributed by atoms with van der Waals surface area (Å²) in [7, 11) is 1.59. The molecular formula is C23H29N3O3. The number of carbonyl (C=O) groups is 3. The molecule has 0 heterocycles. The lowest BCUT2D eigenvalue weighted by Gasteiger charge is -2.21. The number of carbonyl (C=O) groups excluding carboxylic acids is 3. The van der Waals surface area contributed by atoms with Crippen LogP contribution >= 0.6 is 0 Å². The standard InChI is InChI=1S/C23H29N3O3/c1-15-11-16(2)22(17(3)12-15)25-20(27)14-26(5)21(28)13-18(4)24-23(29)19-9-7-6-8-10-19/h6-12,18H,13-14H2,1-5H3,(H,24,29)(H,25,27)/t18-/m0/s1. The summed E-state index contributed by atoms with van der Waals surface area (Å²) in [6.45, 7) is 7.62. The first kappa shape index (κ1) is 22.1. The van der Waals surface area contributed by atoms with Crippen LogP contribution in [0.15, 0.2) is 42.5 Å². The van der Waals surface area contributed by atoms with Gasteiger partial charge in [-0.2, -0.15) is 0 Å². The molecule has 0 unspecified atom stereocenters. The summed E-state index contributed by atoms with van der Waals surface area (Å²) in [6.07, 6.45) is 0.116. The predicted octanol–water partition coefficient (Wildman–Crippen LogP) is 3.22. The van der Waals surface area contributed by atoms with Crippen LogP contribution in [-0.4, -0.2) is 42.3 Å². The van der Waals surface area contributed by atoms with Crippen molar-refractivity contribution < 1.29 is 14.4 Å². The number of likely N-dealkylation sites (N-methyl/N-ethyl adjacent to an activating group) is 1. The second kappa shape index (κ2) is 9.87. The number of anilines is 1. The van der Waals surface area contributed by atoms with E-state index in [9.17, 15) is 14.4 Å². The Morgan fingerprint density at radius 1 is 1.00 bits per heavy atom. The van der Waals surface area contributed by atoms with E-state index in [4.69, 9.17) is 0 Å². The van der Waals surface area contributed by atoms with Crippen molar-refractivity contribution in [1.82, 2.24) is 10.2 Å². The molecule has 0 bridgehead atoms. The number of amides is 3. The van der Waals surface area contributed by atoms with Crippen molar-refractivity contribution in [1.29, 1.82) is 0 Å². The van der Waals surface area contributed by atoms with E-state index in [0.717, 1.165) is 22.4 Å². The molecule has 0 aromatic heterocycles. The molecule has 154 valence electrons. The molecule has 0 aliphatic carbocycles. The van der Waals surface area contributed by atoms with E-state index in [-0.39, 0.29) is 36.7 Å². The van der Waals surface area contributed by atoms with Crippen LogP contribution < -0.4 is 10.6 Å². The number of benzene rings is 2. The topological polar surface area (TPSA) is 78.5 Å². The fraction of sp³-hybridized carbons (Fsp3) is 0.348. The molecule has 0 spiro atoms. The van der Waals surface area contributed by atoms with Crippen LogP contribution in [0.1, 0.15) is 40.4 Å². The normalized spacial score (nSPS) is 11.5. The third kappa shape index (κ3) is 6.45. The summed E-state index contributed by atoms with van der Waals surface area (Å²) in [5, 5.41) is 5.70. The molecule has 0 aliphatic rings. The molecular weight excluding hydrogens is 366 g/mol. The molecule has 6 nitrogen and oxygen atoms in total. The van der Waals surface area contributed by atoms with E-state index < -0.39 is 0 Å². The second-order valence-corrected chi connectivity index (χ2v) is 7.52. The molecule has 2 rings (SSSR count). The lowest BCUT2D eigenvalue weighted by Crippen LogP contribution is -2.40. The van der Waals surface area contributed by atoms with Crippen LogP contribution in [0, 0.1) is 20.8 Å². The molecule has 6 heteroatoms. The molecule has 0 aliphatic heterocycles. The molecule has 2 aromatic rings. The fourth-order valence-electron chi connectivity index (χ4n) is 3.23. The first-order chi connectivity index (χ1) is 13.7. The molecule has 0 saturated heterocycles. The molecule has 2 N–H and O–H groups in total. The lowest BCUT2D eigenvalue weighted by atomic mass is 10.1. The second-order valence-electron chi connectivity index (χ2n) is 7.52. The number of rotatable bonds is 7.